The molecule has 2 atom stereocenters. The Hall–Kier alpha value is -0.840. The summed E-state index contributed by atoms with van der Waals surface area (Å²) in [6.07, 6.45) is 1.07. The van der Waals surface area contributed by atoms with Crippen molar-refractivity contribution in [2.75, 3.05) is 7.11 Å². The van der Waals surface area contributed by atoms with E-state index in [0.717, 1.165) is 16.6 Å². The molecule has 0 aliphatic heterocycles. The van der Waals surface area contributed by atoms with Crippen LogP contribution in [0.2, 0.25) is 0 Å². The molecule has 0 amide bonds. The molecule has 0 spiro atoms. The molecule has 21 heavy (non-hydrogen) atoms. The highest BCUT2D eigenvalue weighted by molar-refractivity contribution is 9.10. The van der Waals surface area contributed by atoms with E-state index in [4.69, 9.17) is 4.74 Å². The maximum Gasteiger partial charge on any atom is 0.133 e. The molecule has 0 aliphatic rings. The Morgan fingerprint density at radius 3 is 2.57 bits per heavy atom. The summed E-state index contributed by atoms with van der Waals surface area (Å²) < 4.78 is 6.27. The fraction of sp³-hybridized carbons (Fsp3) is 0.412. The minimum absolute atomic E-state index is 0.309. The van der Waals surface area contributed by atoms with Crippen molar-refractivity contribution in [2.24, 2.45) is 0 Å². The summed E-state index contributed by atoms with van der Waals surface area (Å²) in [7, 11) is 1.69. The van der Waals surface area contributed by atoms with E-state index in [0.29, 0.717) is 12.1 Å². The van der Waals surface area contributed by atoms with E-state index in [-0.39, 0.29) is 0 Å². The summed E-state index contributed by atoms with van der Waals surface area (Å²) in [5, 5.41) is 3.66. The first kappa shape index (κ1) is 16.5. The maximum absolute atomic E-state index is 5.28. The molecule has 2 nitrogen and oxygen atoms in total. The van der Waals surface area contributed by atoms with Gasteiger partial charge in [-0.3, -0.25) is 0 Å². The highest BCUT2D eigenvalue weighted by Gasteiger charge is 2.12. The van der Waals surface area contributed by atoms with Crippen LogP contribution < -0.4 is 10.1 Å². The van der Waals surface area contributed by atoms with Crippen LogP contribution in [0, 0.1) is 6.92 Å². The average Bonchev–Trinajstić information content (AvgIpc) is 2.83. The maximum atomic E-state index is 5.28. The van der Waals surface area contributed by atoms with Crippen molar-refractivity contribution in [3.8, 4) is 5.75 Å². The number of benzene rings is 1. The second kappa shape index (κ2) is 7.43. The van der Waals surface area contributed by atoms with E-state index in [1.165, 1.54) is 15.3 Å². The van der Waals surface area contributed by atoms with Crippen molar-refractivity contribution in [3.63, 3.8) is 0 Å². The van der Waals surface area contributed by atoms with Crippen molar-refractivity contribution < 1.29 is 4.74 Å². The van der Waals surface area contributed by atoms with Gasteiger partial charge in [-0.1, -0.05) is 6.07 Å². The van der Waals surface area contributed by atoms with Crippen LogP contribution in [0.4, 0.5) is 0 Å². The third kappa shape index (κ3) is 4.56. The van der Waals surface area contributed by atoms with Crippen LogP contribution in [0.1, 0.15) is 35.2 Å². The molecule has 1 aromatic carbocycles. The van der Waals surface area contributed by atoms with Crippen LogP contribution in [0.3, 0.4) is 0 Å². The predicted octanol–water partition coefficient (Wildman–Crippen LogP) is 5.11. The smallest absolute Gasteiger partial charge is 0.133 e. The van der Waals surface area contributed by atoms with Gasteiger partial charge in [-0.05, 0) is 73.0 Å². The Labute approximate surface area is 139 Å². The van der Waals surface area contributed by atoms with Gasteiger partial charge in [0.15, 0.2) is 0 Å². The molecular weight excluding hydrogens is 346 g/mol. The highest BCUT2D eigenvalue weighted by Crippen LogP contribution is 2.28. The third-order valence-electron chi connectivity index (χ3n) is 3.51. The monoisotopic (exact) mass is 367 g/mol. The Morgan fingerprint density at radius 1 is 1.24 bits per heavy atom. The van der Waals surface area contributed by atoms with Gasteiger partial charge in [0.25, 0.3) is 0 Å². The first-order chi connectivity index (χ1) is 9.99. The summed E-state index contributed by atoms with van der Waals surface area (Å²) >= 11 is 5.43. The van der Waals surface area contributed by atoms with E-state index >= 15 is 0 Å². The van der Waals surface area contributed by atoms with E-state index in [1.54, 1.807) is 7.11 Å². The van der Waals surface area contributed by atoms with Crippen LogP contribution in [0.5, 0.6) is 5.75 Å². The van der Waals surface area contributed by atoms with E-state index in [2.05, 4.69) is 66.3 Å². The number of aryl methyl sites for hydroxylation is 1. The predicted molar refractivity (Wildman–Crippen MR) is 94.5 cm³/mol. The number of ether oxygens (including phenoxy) is 1. The van der Waals surface area contributed by atoms with Gasteiger partial charge in [0.2, 0.25) is 0 Å². The van der Waals surface area contributed by atoms with Gasteiger partial charge in [0, 0.05) is 21.8 Å². The molecule has 4 heteroatoms. The van der Waals surface area contributed by atoms with Crippen molar-refractivity contribution in [2.45, 2.75) is 39.3 Å². The van der Waals surface area contributed by atoms with Crippen LogP contribution in [-0.2, 0) is 6.42 Å². The Morgan fingerprint density at radius 2 is 2.00 bits per heavy atom. The zero-order chi connectivity index (χ0) is 15.4. The van der Waals surface area contributed by atoms with Crippen LogP contribution in [0.25, 0.3) is 0 Å². The minimum atomic E-state index is 0.309. The average molecular weight is 368 g/mol. The largest absolute Gasteiger partial charge is 0.496 e. The van der Waals surface area contributed by atoms with Crippen molar-refractivity contribution in [1.82, 2.24) is 5.32 Å². The molecule has 0 saturated carbocycles. The van der Waals surface area contributed by atoms with Gasteiger partial charge in [-0.25, -0.2) is 0 Å². The zero-order valence-electron chi connectivity index (χ0n) is 12.9. The molecule has 1 N–H and O–H groups in total. The molecule has 0 aliphatic carbocycles. The van der Waals surface area contributed by atoms with Gasteiger partial charge < -0.3 is 10.1 Å². The Kier molecular flexibility index (Phi) is 5.85. The molecule has 0 radical (unpaired) electrons. The number of thiophene rings is 1. The summed E-state index contributed by atoms with van der Waals surface area (Å²) in [5.74, 6) is 0.869. The van der Waals surface area contributed by atoms with Gasteiger partial charge in [-0.15, -0.1) is 11.3 Å². The first-order valence-corrected chi connectivity index (χ1v) is 8.75. The Balaban J connectivity index is 1.97. The van der Waals surface area contributed by atoms with Gasteiger partial charge >= 0.3 is 0 Å². The minimum Gasteiger partial charge on any atom is -0.496 e. The lowest BCUT2D eigenvalue weighted by atomic mass is 10.1. The topological polar surface area (TPSA) is 21.3 Å². The number of hydrogen-bond acceptors (Lipinski definition) is 3. The van der Waals surface area contributed by atoms with Gasteiger partial charge in [0.1, 0.15) is 5.75 Å². The lowest BCUT2D eigenvalue weighted by Crippen LogP contribution is -2.30. The highest BCUT2D eigenvalue weighted by atomic mass is 79.9. The number of methoxy groups -OCH3 is 1. The van der Waals surface area contributed by atoms with Crippen LogP contribution >= 0.6 is 27.3 Å². The van der Waals surface area contributed by atoms with Gasteiger partial charge in [-0.2, -0.15) is 0 Å². The van der Waals surface area contributed by atoms with Crippen molar-refractivity contribution in [3.05, 3.63) is 50.1 Å². The summed E-state index contributed by atoms with van der Waals surface area (Å²) in [6, 6.07) is 11.4. The number of hydrogen-bond donors (Lipinski definition) is 1. The quantitative estimate of drug-likeness (QED) is 0.765. The van der Waals surface area contributed by atoms with Gasteiger partial charge in [0.05, 0.1) is 11.6 Å². The standard InChI is InChI=1S/C17H22BrNOS/c1-11(9-15-7-5-12(2)21-15)19-13(3)14-6-8-17(20-4)16(18)10-14/h5-8,10-11,13,19H,9H2,1-4H3. The summed E-state index contributed by atoms with van der Waals surface area (Å²) in [4.78, 5) is 2.82. The lowest BCUT2D eigenvalue weighted by Gasteiger charge is -2.20. The second-order valence-corrected chi connectivity index (χ2v) is 7.63. The number of halogens is 1. The first-order valence-electron chi connectivity index (χ1n) is 7.14. The second-order valence-electron chi connectivity index (χ2n) is 5.40. The molecule has 0 fully saturated rings. The van der Waals surface area contributed by atoms with E-state index in [1.807, 2.05) is 17.4 Å². The van der Waals surface area contributed by atoms with Crippen LogP contribution in [-0.4, -0.2) is 13.2 Å². The normalized spacial score (nSPS) is 14.0. The summed E-state index contributed by atoms with van der Waals surface area (Å²) in [5.41, 5.74) is 1.26. The molecule has 0 bridgehead atoms. The Bertz CT molecular complexity index is 596. The lowest BCUT2D eigenvalue weighted by molar-refractivity contribution is 0.411. The number of nitrogens with one attached hydrogen (secondary N) is 1. The molecule has 0 saturated heterocycles. The van der Waals surface area contributed by atoms with E-state index < -0.39 is 0 Å². The molecule has 2 unspecified atom stereocenters. The summed E-state index contributed by atoms with van der Waals surface area (Å²) in [6.45, 7) is 6.60. The third-order valence-corrected chi connectivity index (χ3v) is 5.16. The SMILES string of the molecule is COc1ccc(C(C)NC(C)Cc2ccc(C)s2)cc1Br. The molecular formula is C17H22BrNOS. The molecule has 114 valence electrons. The fourth-order valence-electron chi connectivity index (χ4n) is 2.43. The molecule has 2 aromatic rings. The van der Waals surface area contributed by atoms with Crippen molar-refractivity contribution >= 4 is 27.3 Å². The molecule has 1 aromatic heterocycles. The molecule has 1 heterocycles. The molecule has 2 rings (SSSR count). The number of rotatable bonds is 6. The van der Waals surface area contributed by atoms with Crippen LogP contribution in [0.15, 0.2) is 34.8 Å². The fourth-order valence-corrected chi connectivity index (χ4v) is 4.01. The van der Waals surface area contributed by atoms with E-state index in [9.17, 15) is 0 Å². The van der Waals surface area contributed by atoms with Crippen molar-refractivity contribution in [1.29, 1.82) is 0 Å². The zero-order valence-corrected chi connectivity index (χ0v) is 15.3.